The molecule has 0 saturated carbocycles. The number of hydrogen-bond donors (Lipinski definition) is 1. The number of rotatable bonds is 4. The average molecular weight is 298 g/mol. The molecular weight excluding hydrogens is 285 g/mol. The van der Waals surface area contributed by atoms with Gasteiger partial charge in [-0.15, -0.1) is 0 Å². The van der Waals surface area contributed by atoms with Gasteiger partial charge in [-0.2, -0.15) is 13.2 Å². The summed E-state index contributed by atoms with van der Waals surface area (Å²) >= 11 is 0. The van der Waals surface area contributed by atoms with E-state index in [2.05, 4.69) is 0 Å². The van der Waals surface area contributed by atoms with E-state index < -0.39 is 17.5 Å². The number of aromatic hydroxyl groups is 1. The van der Waals surface area contributed by atoms with Crippen molar-refractivity contribution < 1.29 is 27.8 Å². The van der Waals surface area contributed by atoms with E-state index in [-0.39, 0.29) is 5.75 Å². The molecule has 1 N–H and O–H groups in total. The Morgan fingerprint density at radius 2 is 1.52 bits per heavy atom. The molecule has 3 nitrogen and oxygen atoms in total. The van der Waals surface area contributed by atoms with Crippen molar-refractivity contribution in [1.29, 1.82) is 0 Å². The SMILES string of the molecule is CCOc1ccc(Oc2ccc(O)c(C(F)(F)F)c2)cc1. The van der Waals surface area contributed by atoms with Gasteiger partial charge in [0.25, 0.3) is 0 Å². The third-order valence-corrected chi connectivity index (χ3v) is 2.64. The van der Waals surface area contributed by atoms with E-state index in [0.29, 0.717) is 18.1 Å². The van der Waals surface area contributed by atoms with E-state index in [9.17, 15) is 18.3 Å². The Morgan fingerprint density at radius 3 is 2.10 bits per heavy atom. The van der Waals surface area contributed by atoms with Crippen molar-refractivity contribution in [1.82, 2.24) is 0 Å². The van der Waals surface area contributed by atoms with E-state index >= 15 is 0 Å². The first kappa shape index (κ1) is 15.0. The quantitative estimate of drug-likeness (QED) is 0.896. The van der Waals surface area contributed by atoms with Crippen LogP contribution in [-0.4, -0.2) is 11.7 Å². The second kappa shape index (κ2) is 5.95. The van der Waals surface area contributed by atoms with E-state index in [1.807, 2.05) is 6.92 Å². The molecule has 2 aromatic carbocycles. The van der Waals surface area contributed by atoms with Crippen molar-refractivity contribution in [3.8, 4) is 23.0 Å². The summed E-state index contributed by atoms with van der Waals surface area (Å²) in [6, 6.07) is 9.46. The van der Waals surface area contributed by atoms with Crippen LogP contribution in [0.15, 0.2) is 42.5 Å². The Hall–Kier alpha value is -2.37. The average Bonchev–Trinajstić information content (AvgIpc) is 2.42. The number of phenols is 1. The Kier molecular flexibility index (Phi) is 4.26. The maximum absolute atomic E-state index is 12.7. The van der Waals surface area contributed by atoms with Gasteiger partial charge in [-0.25, -0.2) is 0 Å². The first-order chi connectivity index (χ1) is 9.90. The molecule has 0 aliphatic heterocycles. The molecule has 0 bridgehead atoms. The predicted molar refractivity (Wildman–Crippen MR) is 70.8 cm³/mol. The van der Waals surface area contributed by atoms with Gasteiger partial charge >= 0.3 is 6.18 Å². The second-order valence-electron chi connectivity index (χ2n) is 4.18. The Labute approximate surface area is 119 Å². The van der Waals surface area contributed by atoms with Gasteiger partial charge in [-0.3, -0.25) is 0 Å². The van der Waals surface area contributed by atoms with Crippen LogP contribution >= 0.6 is 0 Å². The Bertz CT molecular complexity index is 607. The summed E-state index contributed by atoms with van der Waals surface area (Å²) in [6.07, 6.45) is -4.64. The van der Waals surface area contributed by atoms with Crippen LogP contribution in [0.2, 0.25) is 0 Å². The molecule has 0 spiro atoms. The first-order valence-electron chi connectivity index (χ1n) is 6.21. The number of hydrogen-bond acceptors (Lipinski definition) is 3. The van der Waals surface area contributed by atoms with Crippen molar-refractivity contribution in [2.24, 2.45) is 0 Å². The monoisotopic (exact) mass is 298 g/mol. The molecule has 0 amide bonds. The van der Waals surface area contributed by atoms with E-state index in [1.54, 1.807) is 24.3 Å². The summed E-state index contributed by atoms with van der Waals surface area (Å²) in [5, 5.41) is 9.24. The lowest BCUT2D eigenvalue weighted by Crippen LogP contribution is -2.05. The molecule has 0 aliphatic rings. The maximum Gasteiger partial charge on any atom is 0.420 e. The molecule has 6 heteroatoms. The molecule has 112 valence electrons. The third kappa shape index (κ3) is 3.81. The van der Waals surface area contributed by atoms with Gasteiger partial charge in [0.15, 0.2) is 0 Å². The molecule has 2 aromatic rings. The fraction of sp³-hybridized carbons (Fsp3) is 0.200. The van der Waals surface area contributed by atoms with E-state index in [1.165, 1.54) is 6.07 Å². The molecule has 0 aliphatic carbocycles. The van der Waals surface area contributed by atoms with Crippen molar-refractivity contribution >= 4 is 0 Å². The summed E-state index contributed by atoms with van der Waals surface area (Å²) < 4.78 is 48.6. The van der Waals surface area contributed by atoms with Crippen LogP contribution in [0, 0.1) is 0 Å². The van der Waals surface area contributed by atoms with Crippen molar-refractivity contribution in [2.45, 2.75) is 13.1 Å². The highest BCUT2D eigenvalue weighted by atomic mass is 19.4. The maximum atomic E-state index is 12.7. The molecule has 0 atom stereocenters. The summed E-state index contributed by atoms with van der Waals surface area (Å²) in [4.78, 5) is 0. The summed E-state index contributed by atoms with van der Waals surface area (Å²) in [7, 11) is 0. The number of halogens is 3. The molecule has 0 radical (unpaired) electrons. The van der Waals surface area contributed by atoms with E-state index in [4.69, 9.17) is 9.47 Å². The van der Waals surface area contributed by atoms with Crippen LogP contribution < -0.4 is 9.47 Å². The molecular formula is C15H13F3O3. The van der Waals surface area contributed by atoms with Crippen LogP contribution in [0.3, 0.4) is 0 Å². The normalized spacial score (nSPS) is 11.2. The zero-order chi connectivity index (χ0) is 15.5. The van der Waals surface area contributed by atoms with Gasteiger partial charge in [0.1, 0.15) is 28.6 Å². The zero-order valence-electron chi connectivity index (χ0n) is 11.1. The topological polar surface area (TPSA) is 38.7 Å². The summed E-state index contributed by atoms with van der Waals surface area (Å²) in [6.45, 7) is 2.37. The van der Waals surface area contributed by atoms with Crippen molar-refractivity contribution in [3.63, 3.8) is 0 Å². The molecule has 0 unspecified atom stereocenters. The van der Waals surface area contributed by atoms with Crippen LogP contribution in [0.4, 0.5) is 13.2 Å². The number of ether oxygens (including phenoxy) is 2. The summed E-state index contributed by atoms with van der Waals surface area (Å²) in [5.74, 6) is 0.176. The number of phenolic OH excluding ortho intramolecular Hbond substituents is 1. The number of benzene rings is 2. The molecule has 0 heterocycles. The fourth-order valence-corrected chi connectivity index (χ4v) is 1.71. The van der Waals surface area contributed by atoms with Gasteiger partial charge in [-0.05, 0) is 49.4 Å². The molecule has 0 aromatic heterocycles. The van der Waals surface area contributed by atoms with Crippen LogP contribution in [0.5, 0.6) is 23.0 Å². The lowest BCUT2D eigenvalue weighted by atomic mass is 10.2. The van der Waals surface area contributed by atoms with Crippen LogP contribution in [-0.2, 0) is 6.18 Å². The molecule has 21 heavy (non-hydrogen) atoms. The van der Waals surface area contributed by atoms with Gasteiger partial charge < -0.3 is 14.6 Å². The highest BCUT2D eigenvalue weighted by molar-refractivity contribution is 5.43. The molecule has 0 fully saturated rings. The van der Waals surface area contributed by atoms with E-state index in [0.717, 1.165) is 12.1 Å². The van der Waals surface area contributed by atoms with Crippen molar-refractivity contribution in [2.75, 3.05) is 6.61 Å². The lowest BCUT2D eigenvalue weighted by molar-refractivity contribution is -0.138. The molecule has 2 rings (SSSR count). The largest absolute Gasteiger partial charge is 0.507 e. The predicted octanol–water partition coefficient (Wildman–Crippen LogP) is 4.60. The van der Waals surface area contributed by atoms with Crippen molar-refractivity contribution in [3.05, 3.63) is 48.0 Å². The van der Waals surface area contributed by atoms with Crippen LogP contribution in [0.25, 0.3) is 0 Å². The second-order valence-corrected chi connectivity index (χ2v) is 4.18. The highest BCUT2D eigenvalue weighted by Crippen LogP contribution is 2.38. The Balaban J connectivity index is 2.20. The van der Waals surface area contributed by atoms with Gasteiger partial charge in [0.05, 0.1) is 6.61 Å². The standard InChI is InChI=1S/C15H13F3O3/c1-2-20-10-3-5-11(6-4-10)21-12-7-8-14(19)13(9-12)15(16,17)18/h3-9,19H,2H2,1H3. The smallest absolute Gasteiger partial charge is 0.420 e. The summed E-state index contributed by atoms with van der Waals surface area (Å²) in [5.41, 5.74) is -1.13. The minimum Gasteiger partial charge on any atom is -0.507 e. The number of alkyl halides is 3. The van der Waals surface area contributed by atoms with Gasteiger partial charge in [0, 0.05) is 0 Å². The van der Waals surface area contributed by atoms with Crippen LogP contribution in [0.1, 0.15) is 12.5 Å². The lowest BCUT2D eigenvalue weighted by Gasteiger charge is -2.12. The first-order valence-corrected chi connectivity index (χ1v) is 6.21. The minimum atomic E-state index is -4.64. The Morgan fingerprint density at radius 1 is 0.952 bits per heavy atom. The van der Waals surface area contributed by atoms with Gasteiger partial charge in [0.2, 0.25) is 0 Å². The third-order valence-electron chi connectivity index (χ3n) is 2.64. The fourth-order valence-electron chi connectivity index (χ4n) is 1.71. The zero-order valence-corrected chi connectivity index (χ0v) is 11.1. The van der Waals surface area contributed by atoms with Gasteiger partial charge in [-0.1, -0.05) is 0 Å². The molecule has 0 saturated heterocycles. The minimum absolute atomic E-state index is 0.00992. The highest BCUT2D eigenvalue weighted by Gasteiger charge is 2.34.